The Morgan fingerprint density at radius 1 is 0.941 bits per heavy atom. The van der Waals surface area contributed by atoms with Crippen LogP contribution >= 0.6 is 0 Å². The molecule has 0 saturated carbocycles. The van der Waals surface area contributed by atoms with Crippen LogP contribution in [-0.2, 0) is 0 Å². The molecule has 0 amide bonds. The van der Waals surface area contributed by atoms with E-state index < -0.39 is 0 Å². The van der Waals surface area contributed by atoms with Gasteiger partial charge in [-0.1, -0.05) is 37.5 Å². The second-order valence-electron chi connectivity index (χ2n) is 7.68. The number of benzene rings is 3. The third-order valence-electron chi connectivity index (χ3n) is 5.53. The fourth-order valence-corrected chi connectivity index (χ4v) is 3.80. The Bertz CT molecular complexity index is 1440. The number of aromatic hydroxyl groups is 3. The molecule has 4 rings (SSSR count). The molecule has 0 aliphatic heterocycles. The van der Waals surface area contributed by atoms with E-state index in [2.05, 4.69) is 13.2 Å². The molecule has 34 heavy (non-hydrogen) atoms. The average Bonchev–Trinajstić information content (AvgIpc) is 3.26. The van der Waals surface area contributed by atoms with Crippen molar-refractivity contribution < 1.29 is 29.6 Å². The Labute approximate surface area is 196 Å². The van der Waals surface area contributed by atoms with Crippen LogP contribution in [0.3, 0.4) is 0 Å². The molecule has 1 aromatic heterocycles. The summed E-state index contributed by atoms with van der Waals surface area (Å²) in [7, 11) is 1.53. The van der Waals surface area contributed by atoms with Crippen molar-refractivity contribution in [1.29, 1.82) is 0 Å². The molecule has 0 radical (unpaired) electrons. The number of ether oxygens (including phenoxy) is 1. The van der Waals surface area contributed by atoms with Gasteiger partial charge >= 0.3 is 0 Å². The Kier molecular flexibility index (Phi) is 6.17. The molecule has 4 N–H and O–H groups in total. The lowest BCUT2D eigenvalue weighted by Gasteiger charge is -2.13. The molecule has 4 aromatic rings. The summed E-state index contributed by atoms with van der Waals surface area (Å²) in [6.07, 6.45) is 5.02. The summed E-state index contributed by atoms with van der Waals surface area (Å²) in [5.41, 5.74) is 3.53. The molecule has 3 aromatic carbocycles. The minimum Gasteiger partial charge on any atom is -0.507 e. The van der Waals surface area contributed by atoms with Gasteiger partial charge in [-0.3, -0.25) is 0 Å². The van der Waals surface area contributed by atoms with Crippen molar-refractivity contribution in [3.8, 4) is 34.3 Å². The molecule has 6 heteroatoms. The van der Waals surface area contributed by atoms with Crippen molar-refractivity contribution in [1.82, 2.24) is 0 Å². The lowest BCUT2D eigenvalue weighted by atomic mass is 9.94. The van der Waals surface area contributed by atoms with Gasteiger partial charge in [0.05, 0.1) is 19.3 Å². The quantitative estimate of drug-likeness (QED) is 0.275. The largest absolute Gasteiger partial charge is 0.507 e. The van der Waals surface area contributed by atoms with E-state index in [0.717, 1.165) is 16.5 Å². The fourth-order valence-electron chi connectivity index (χ4n) is 3.80. The first-order chi connectivity index (χ1) is 16.4. The SMILES string of the molecule is C=Cc1ccc(O)c(C(=C)c2cc(-c3cc4cc(/C=C/CO)cc(OC)c4o3)c(O)cc2O)c1. The van der Waals surface area contributed by atoms with E-state index in [0.29, 0.717) is 39.4 Å². The van der Waals surface area contributed by atoms with Gasteiger partial charge in [0.15, 0.2) is 11.3 Å². The third-order valence-corrected chi connectivity index (χ3v) is 5.53. The molecule has 0 spiro atoms. The molecule has 0 aliphatic carbocycles. The van der Waals surface area contributed by atoms with Gasteiger partial charge in [-0.25, -0.2) is 0 Å². The van der Waals surface area contributed by atoms with Crippen molar-refractivity contribution >= 4 is 28.7 Å². The van der Waals surface area contributed by atoms with Gasteiger partial charge in [0.2, 0.25) is 0 Å². The maximum Gasteiger partial charge on any atom is 0.176 e. The molecule has 0 aliphatic rings. The molecule has 1 heterocycles. The number of aliphatic hydroxyl groups is 1. The summed E-state index contributed by atoms with van der Waals surface area (Å²) in [5, 5.41) is 41.3. The first kappa shape index (κ1) is 22.8. The van der Waals surface area contributed by atoms with Crippen LogP contribution in [0.5, 0.6) is 23.0 Å². The summed E-state index contributed by atoms with van der Waals surface area (Å²) in [5.74, 6) is 0.473. The second-order valence-corrected chi connectivity index (χ2v) is 7.68. The van der Waals surface area contributed by atoms with Crippen LogP contribution < -0.4 is 4.74 Å². The third kappa shape index (κ3) is 4.14. The summed E-state index contributed by atoms with van der Waals surface area (Å²) in [4.78, 5) is 0. The first-order valence-electron chi connectivity index (χ1n) is 10.5. The van der Waals surface area contributed by atoms with E-state index >= 15 is 0 Å². The van der Waals surface area contributed by atoms with Crippen molar-refractivity contribution in [3.05, 3.63) is 90.0 Å². The van der Waals surface area contributed by atoms with Crippen LogP contribution in [0.1, 0.15) is 22.3 Å². The minimum atomic E-state index is -0.195. The number of hydrogen-bond acceptors (Lipinski definition) is 6. The minimum absolute atomic E-state index is 0.00145. The maximum atomic E-state index is 10.6. The Balaban J connectivity index is 1.85. The topological polar surface area (TPSA) is 103 Å². The van der Waals surface area contributed by atoms with E-state index in [9.17, 15) is 15.3 Å². The summed E-state index contributed by atoms with van der Waals surface area (Å²) < 4.78 is 11.5. The average molecular weight is 456 g/mol. The summed E-state index contributed by atoms with van der Waals surface area (Å²) in [6.45, 7) is 7.71. The summed E-state index contributed by atoms with van der Waals surface area (Å²) >= 11 is 0. The Morgan fingerprint density at radius 3 is 2.41 bits per heavy atom. The van der Waals surface area contributed by atoms with Crippen LogP contribution in [-0.4, -0.2) is 34.1 Å². The number of hydrogen-bond donors (Lipinski definition) is 4. The van der Waals surface area contributed by atoms with Crippen molar-refractivity contribution in [2.75, 3.05) is 13.7 Å². The summed E-state index contributed by atoms with van der Waals surface area (Å²) in [6, 6.07) is 13.1. The van der Waals surface area contributed by atoms with E-state index in [-0.39, 0.29) is 23.9 Å². The number of rotatable bonds is 7. The molecular weight excluding hydrogens is 432 g/mol. The molecule has 0 saturated heterocycles. The highest BCUT2D eigenvalue weighted by atomic mass is 16.5. The zero-order valence-electron chi connectivity index (χ0n) is 18.6. The van der Waals surface area contributed by atoms with Gasteiger partial charge < -0.3 is 29.6 Å². The van der Waals surface area contributed by atoms with Crippen molar-refractivity contribution in [2.45, 2.75) is 0 Å². The van der Waals surface area contributed by atoms with Gasteiger partial charge in [-0.2, -0.15) is 0 Å². The molecule has 172 valence electrons. The molecule has 0 fully saturated rings. The Hall–Kier alpha value is -4.42. The predicted octanol–water partition coefficient (Wildman–Crippen LogP) is 5.94. The molecule has 0 bridgehead atoms. The molecule has 0 atom stereocenters. The zero-order chi connectivity index (χ0) is 24.4. The number of aliphatic hydroxyl groups excluding tert-OH is 1. The maximum absolute atomic E-state index is 10.6. The molecule has 0 unspecified atom stereocenters. The highest BCUT2D eigenvalue weighted by Crippen LogP contribution is 2.43. The normalized spacial score (nSPS) is 11.2. The number of methoxy groups -OCH3 is 1. The van der Waals surface area contributed by atoms with Crippen LogP contribution in [0.4, 0.5) is 0 Å². The lowest BCUT2D eigenvalue weighted by molar-refractivity contribution is 0.343. The first-order valence-corrected chi connectivity index (χ1v) is 10.5. The lowest BCUT2D eigenvalue weighted by Crippen LogP contribution is -1.91. The van der Waals surface area contributed by atoms with E-state index in [1.165, 1.54) is 19.2 Å². The Morgan fingerprint density at radius 2 is 1.71 bits per heavy atom. The van der Waals surface area contributed by atoms with Crippen molar-refractivity contribution in [2.24, 2.45) is 0 Å². The van der Waals surface area contributed by atoms with Crippen LogP contribution in [0.25, 0.3) is 40.0 Å². The smallest absolute Gasteiger partial charge is 0.176 e. The van der Waals surface area contributed by atoms with Gasteiger partial charge in [-0.15, -0.1) is 0 Å². The second kappa shape index (κ2) is 9.21. The van der Waals surface area contributed by atoms with Gasteiger partial charge in [0, 0.05) is 22.6 Å². The molecule has 6 nitrogen and oxygen atoms in total. The standard InChI is InChI=1S/C28H24O6/c1-4-17-7-8-23(30)20(11-17)16(2)21-14-22(25(32)15-24(21)31)26-13-19-10-18(6-5-9-29)12-27(33-3)28(19)34-26/h4-8,10-15,29-32H,1-2,9H2,3H3/b6-5+. The van der Waals surface area contributed by atoms with E-state index in [1.807, 2.05) is 6.07 Å². The highest BCUT2D eigenvalue weighted by molar-refractivity contribution is 5.92. The fraction of sp³-hybridized carbons (Fsp3) is 0.0714. The zero-order valence-corrected chi connectivity index (χ0v) is 18.6. The number of furan rings is 1. The molecular formula is C28H24O6. The van der Waals surface area contributed by atoms with Crippen LogP contribution in [0, 0.1) is 0 Å². The predicted molar refractivity (Wildman–Crippen MR) is 134 cm³/mol. The van der Waals surface area contributed by atoms with Gasteiger partial charge in [0.1, 0.15) is 23.0 Å². The van der Waals surface area contributed by atoms with E-state index in [1.54, 1.807) is 48.6 Å². The van der Waals surface area contributed by atoms with Crippen LogP contribution in [0.15, 0.2) is 72.2 Å². The number of phenols is 3. The van der Waals surface area contributed by atoms with Crippen molar-refractivity contribution in [3.63, 3.8) is 0 Å². The van der Waals surface area contributed by atoms with Gasteiger partial charge in [-0.05, 0) is 53.1 Å². The monoisotopic (exact) mass is 456 g/mol. The van der Waals surface area contributed by atoms with Gasteiger partial charge in [0.25, 0.3) is 0 Å². The van der Waals surface area contributed by atoms with Crippen LogP contribution in [0.2, 0.25) is 0 Å². The van der Waals surface area contributed by atoms with E-state index in [4.69, 9.17) is 14.3 Å². The highest BCUT2D eigenvalue weighted by Gasteiger charge is 2.19. The number of fused-ring (bicyclic) bond motifs is 1. The number of phenolic OH excluding ortho intramolecular Hbond substituents is 3.